The van der Waals surface area contributed by atoms with Crippen molar-refractivity contribution < 1.29 is 17.2 Å². The van der Waals surface area contributed by atoms with Gasteiger partial charge in [-0.15, -0.1) is 6.42 Å². The summed E-state index contributed by atoms with van der Waals surface area (Å²) in [7, 11) is -3.02. The van der Waals surface area contributed by atoms with Crippen LogP contribution >= 0.6 is 0 Å². The molecule has 0 atom stereocenters. The molecule has 0 spiro atoms. The van der Waals surface area contributed by atoms with Crippen LogP contribution in [0.25, 0.3) is 0 Å². The van der Waals surface area contributed by atoms with Crippen LogP contribution in [-0.4, -0.2) is 26.3 Å². The van der Waals surface area contributed by atoms with Gasteiger partial charge < -0.3 is 5.73 Å². The first-order valence-corrected chi connectivity index (χ1v) is 5.89. The molecule has 7 heteroatoms. The second-order valence-electron chi connectivity index (χ2n) is 3.28. The number of nitrogen functional groups attached to an aromatic ring is 1. The molecule has 0 unspecified atom stereocenters. The number of rotatable bonds is 3. The number of halogens is 2. The molecule has 1 aromatic carbocycles. The molecule has 0 bridgehead atoms. The second kappa shape index (κ2) is 4.69. The molecule has 4 nitrogen and oxygen atoms in total. The van der Waals surface area contributed by atoms with E-state index in [1.54, 1.807) is 0 Å². The maximum Gasteiger partial charge on any atom is 0.246 e. The Morgan fingerprint density at radius 3 is 2.59 bits per heavy atom. The van der Waals surface area contributed by atoms with Crippen molar-refractivity contribution in [3.63, 3.8) is 0 Å². The fourth-order valence-corrected chi connectivity index (χ4v) is 2.34. The third-order valence-corrected chi connectivity index (χ3v) is 3.82. The van der Waals surface area contributed by atoms with Crippen molar-refractivity contribution in [3.05, 3.63) is 23.8 Å². The van der Waals surface area contributed by atoms with E-state index in [4.69, 9.17) is 12.2 Å². The predicted octanol–water partition coefficient (Wildman–Crippen LogP) is 0.801. The molecule has 0 aliphatic carbocycles. The Morgan fingerprint density at radius 2 is 2.06 bits per heavy atom. The SMILES string of the molecule is C#CCN(C)S(=O)(=O)c1cc(N)cc(F)c1F. The van der Waals surface area contributed by atoms with Crippen LogP contribution in [0.5, 0.6) is 0 Å². The van der Waals surface area contributed by atoms with E-state index < -0.39 is 26.6 Å². The van der Waals surface area contributed by atoms with Gasteiger partial charge in [-0.2, -0.15) is 4.31 Å². The number of nitrogens with zero attached hydrogens (tertiary/aromatic N) is 1. The van der Waals surface area contributed by atoms with Gasteiger partial charge in [0.05, 0.1) is 6.54 Å². The molecule has 0 fully saturated rings. The van der Waals surface area contributed by atoms with Gasteiger partial charge in [0.1, 0.15) is 4.90 Å². The molecule has 92 valence electrons. The van der Waals surface area contributed by atoms with E-state index in [1.165, 1.54) is 0 Å². The van der Waals surface area contributed by atoms with Crippen LogP contribution in [0.15, 0.2) is 17.0 Å². The summed E-state index contributed by atoms with van der Waals surface area (Å²) in [6.07, 6.45) is 4.95. The number of hydrogen-bond acceptors (Lipinski definition) is 3. The number of hydrogen-bond donors (Lipinski definition) is 1. The topological polar surface area (TPSA) is 63.4 Å². The Hall–Kier alpha value is -1.65. The molecule has 17 heavy (non-hydrogen) atoms. The van der Waals surface area contributed by atoms with Crippen molar-refractivity contribution in [1.82, 2.24) is 4.31 Å². The molecule has 0 aliphatic rings. The molecule has 0 aromatic heterocycles. The van der Waals surface area contributed by atoms with Crippen molar-refractivity contribution in [2.45, 2.75) is 4.90 Å². The summed E-state index contributed by atoms with van der Waals surface area (Å²) in [5.41, 5.74) is 5.09. The van der Waals surface area contributed by atoms with Gasteiger partial charge in [0, 0.05) is 12.7 Å². The largest absolute Gasteiger partial charge is 0.399 e. The van der Waals surface area contributed by atoms with Gasteiger partial charge in [0.15, 0.2) is 11.6 Å². The zero-order valence-electron chi connectivity index (χ0n) is 8.94. The molecule has 0 heterocycles. The summed E-state index contributed by atoms with van der Waals surface area (Å²) in [5, 5.41) is 0. The van der Waals surface area contributed by atoms with Crippen LogP contribution in [0.2, 0.25) is 0 Å². The first kappa shape index (κ1) is 13.4. The number of benzene rings is 1. The van der Waals surface area contributed by atoms with Crippen molar-refractivity contribution in [1.29, 1.82) is 0 Å². The van der Waals surface area contributed by atoms with Crippen LogP contribution in [0.4, 0.5) is 14.5 Å². The maximum absolute atomic E-state index is 13.4. The number of nitrogens with two attached hydrogens (primary N) is 1. The highest BCUT2D eigenvalue weighted by atomic mass is 32.2. The van der Waals surface area contributed by atoms with Crippen LogP contribution in [0.1, 0.15) is 0 Å². The van der Waals surface area contributed by atoms with E-state index in [2.05, 4.69) is 5.92 Å². The molecule has 0 aliphatic heterocycles. The molecule has 0 amide bonds. The van der Waals surface area contributed by atoms with Gasteiger partial charge >= 0.3 is 0 Å². The van der Waals surface area contributed by atoms with E-state index >= 15 is 0 Å². The third-order valence-electron chi connectivity index (χ3n) is 2.02. The lowest BCUT2D eigenvalue weighted by Gasteiger charge is -2.15. The molecular weight excluding hydrogens is 250 g/mol. The molecule has 2 N–H and O–H groups in total. The summed E-state index contributed by atoms with van der Waals surface area (Å²) < 4.78 is 50.8. The molecule has 0 saturated carbocycles. The van der Waals surface area contributed by atoms with E-state index in [0.29, 0.717) is 6.07 Å². The fraction of sp³-hybridized carbons (Fsp3) is 0.200. The van der Waals surface area contributed by atoms with Crippen molar-refractivity contribution in [2.75, 3.05) is 19.3 Å². The van der Waals surface area contributed by atoms with E-state index in [9.17, 15) is 17.2 Å². The summed E-state index contributed by atoms with van der Waals surface area (Å²) in [5.74, 6) is -0.700. The van der Waals surface area contributed by atoms with Gasteiger partial charge in [-0.25, -0.2) is 17.2 Å². The van der Waals surface area contributed by atoms with Gasteiger partial charge in [-0.1, -0.05) is 5.92 Å². The maximum atomic E-state index is 13.4. The second-order valence-corrected chi connectivity index (χ2v) is 5.29. The van der Waals surface area contributed by atoms with Crippen molar-refractivity contribution in [2.24, 2.45) is 0 Å². The average Bonchev–Trinajstić information content (AvgIpc) is 2.23. The highest BCUT2D eigenvalue weighted by Gasteiger charge is 2.26. The van der Waals surface area contributed by atoms with Gasteiger partial charge in [-0.3, -0.25) is 0 Å². The number of terminal acetylenes is 1. The van der Waals surface area contributed by atoms with Crippen molar-refractivity contribution in [3.8, 4) is 12.3 Å². The van der Waals surface area contributed by atoms with E-state index in [1.807, 2.05) is 0 Å². The molecule has 0 radical (unpaired) electrons. The quantitative estimate of drug-likeness (QED) is 0.646. The molecule has 1 rings (SSSR count). The Labute approximate surface area is 98.1 Å². The Morgan fingerprint density at radius 1 is 1.47 bits per heavy atom. The highest BCUT2D eigenvalue weighted by Crippen LogP contribution is 2.23. The summed E-state index contributed by atoms with van der Waals surface area (Å²) in [6, 6.07) is 1.55. The molecular formula is C10H10F2N2O2S. The summed E-state index contributed by atoms with van der Waals surface area (Å²) in [4.78, 5) is -0.826. The normalized spacial score (nSPS) is 11.5. The first-order valence-electron chi connectivity index (χ1n) is 4.45. The smallest absolute Gasteiger partial charge is 0.246 e. The molecule has 0 saturated heterocycles. The number of sulfonamides is 1. The minimum absolute atomic E-state index is 0.184. The zero-order valence-corrected chi connectivity index (χ0v) is 9.76. The Bertz CT molecular complexity index is 579. The van der Waals surface area contributed by atoms with Crippen LogP contribution in [0, 0.1) is 24.0 Å². The van der Waals surface area contributed by atoms with Crippen LogP contribution in [0.3, 0.4) is 0 Å². The highest BCUT2D eigenvalue weighted by molar-refractivity contribution is 7.89. The monoisotopic (exact) mass is 260 g/mol. The third kappa shape index (κ3) is 2.54. The average molecular weight is 260 g/mol. The first-order chi connectivity index (χ1) is 7.80. The zero-order chi connectivity index (χ0) is 13.2. The predicted molar refractivity (Wildman–Crippen MR) is 59.4 cm³/mol. The van der Waals surface area contributed by atoms with E-state index in [-0.39, 0.29) is 12.2 Å². The van der Waals surface area contributed by atoms with Gasteiger partial charge in [0.25, 0.3) is 0 Å². The summed E-state index contributed by atoms with van der Waals surface area (Å²) >= 11 is 0. The van der Waals surface area contributed by atoms with Crippen LogP contribution < -0.4 is 5.73 Å². The lowest BCUT2D eigenvalue weighted by molar-refractivity contribution is 0.466. The van der Waals surface area contributed by atoms with E-state index in [0.717, 1.165) is 17.4 Å². The number of anilines is 1. The minimum Gasteiger partial charge on any atom is -0.399 e. The van der Waals surface area contributed by atoms with Crippen LogP contribution in [-0.2, 0) is 10.0 Å². The molecule has 1 aromatic rings. The Balaban J connectivity index is 3.40. The Kier molecular flexibility index (Phi) is 3.70. The summed E-state index contributed by atoms with van der Waals surface area (Å²) in [6.45, 7) is -0.252. The van der Waals surface area contributed by atoms with Gasteiger partial charge in [0.2, 0.25) is 10.0 Å². The lowest BCUT2D eigenvalue weighted by Crippen LogP contribution is -2.28. The fourth-order valence-electron chi connectivity index (χ4n) is 1.15. The van der Waals surface area contributed by atoms with Crippen molar-refractivity contribution >= 4 is 15.7 Å². The standard InChI is InChI=1S/C10H10F2N2O2S/c1-3-4-14(2)17(15,16)9-6-7(13)5-8(11)10(9)12/h1,5-6H,4,13H2,2H3. The minimum atomic E-state index is -4.18. The van der Waals surface area contributed by atoms with Gasteiger partial charge in [-0.05, 0) is 12.1 Å². The lowest BCUT2D eigenvalue weighted by atomic mass is 10.3.